The lowest BCUT2D eigenvalue weighted by molar-refractivity contribution is -0.137. The van der Waals surface area contributed by atoms with Crippen molar-refractivity contribution in [3.8, 4) is 5.75 Å². The Balaban J connectivity index is 2.07. The summed E-state index contributed by atoms with van der Waals surface area (Å²) < 4.78 is 37.7. The Hall–Kier alpha value is -2.54. The van der Waals surface area contributed by atoms with Crippen LogP contribution >= 0.6 is 11.6 Å². The molecule has 0 bridgehead atoms. The van der Waals surface area contributed by atoms with Gasteiger partial charge in [0.15, 0.2) is 0 Å². The van der Waals surface area contributed by atoms with E-state index in [1.54, 1.807) is 0 Å². The van der Waals surface area contributed by atoms with E-state index in [9.17, 15) is 23.1 Å². The number of hydrogen-bond donors (Lipinski definition) is 2. The number of alkyl halides is 3. The molecule has 0 radical (unpaired) electrons. The summed E-state index contributed by atoms with van der Waals surface area (Å²) in [6.45, 7) is 0. The maximum absolute atomic E-state index is 12.6. The summed E-state index contributed by atoms with van der Waals surface area (Å²) in [5.41, 5.74) is 1.53. The van der Waals surface area contributed by atoms with Gasteiger partial charge >= 0.3 is 6.18 Å². The summed E-state index contributed by atoms with van der Waals surface area (Å²) in [5, 5.41) is 13.0. The largest absolute Gasteiger partial charge is 0.506 e. The molecule has 0 heterocycles. The first-order valence-corrected chi connectivity index (χ1v) is 6.64. The van der Waals surface area contributed by atoms with Crippen LogP contribution in [0.25, 0.3) is 0 Å². The molecule has 0 aliphatic rings. The molecule has 0 saturated carbocycles. The van der Waals surface area contributed by atoms with E-state index in [4.69, 9.17) is 11.6 Å². The van der Waals surface area contributed by atoms with Crippen LogP contribution < -0.4 is 5.43 Å². The van der Waals surface area contributed by atoms with Crippen LogP contribution in [0.4, 0.5) is 13.2 Å². The topological polar surface area (TPSA) is 61.7 Å². The van der Waals surface area contributed by atoms with Crippen LogP contribution in [0.3, 0.4) is 0 Å². The van der Waals surface area contributed by atoms with Crippen molar-refractivity contribution >= 4 is 23.7 Å². The zero-order chi connectivity index (χ0) is 17.0. The van der Waals surface area contributed by atoms with E-state index in [1.165, 1.54) is 30.5 Å². The second kappa shape index (κ2) is 6.70. The zero-order valence-electron chi connectivity index (χ0n) is 11.4. The SMILES string of the molecule is O=C(N/N=C/c1ccc(O)c(Cl)c1)c1cccc(C(F)(F)F)c1. The third-order valence-electron chi connectivity index (χ3n) is 2.80. The van der Waals surface area contributed by atoms with Gasteiger partial charge in [-0.05, 0) is 42.0 Å². The van der Waals surface area contributed by atoms with Crippen molar-refractivity contribution < 1.29 is 23.1 Å². The fourth-order valence-corrected chi connectivity index (χ4v) is 1.86. The zero-order valence-corrected chi connectivity index (χ0v) is 12.2. The van der Waals surface area contributed by atoms with E-state index in [-0.39, 0.29) is 16.3 Å². The molecular formula is C15H10ClF3N2O2. The first-order valence-electron chi connectivity index (χ1n) is 6.26. The minimum atomic E-state index is -4.53. The van der Waals surface area contributed by atoms with Crippen molar-refractivity contribution in [1.29, 1.82) is 0 Å². The first kappa shape index (κ1) is 16.8. The van der Waals surface area contributed by atoms with Gasteiger partial charge in [-0.3, -0.25) is 4.79 Å². The number of aromatic hydroxyl groups is 1. The summed E-state index contributed by atoms with van der Waals surface area (Å²) in [6, 6.07) is 8.26. The molecule has 4 nitrogen and oxygen atoms in total. The van der Waals surface area contributed by atoms with Gasteiger partial charge in [-0.25, -0.2) is 5.43 Å². The average Bonchev–Trinajstić information content (AvgIpc) is 2.50. The molecule has 0 aliphatic carbocycles. The van der Waals surface area contributed by atoms with Crippen LogP contribution in [-0.4, -0.2) is 17.2 Å². The number of benzene rings is 2. The second-order valence-corrected chi connectivity index (χ2v) is 4.90. The third-order valence-corrected chi connectivity index (χ3v) is 3.11. The van der Waals surface area contributed by atoms with Gasteiger partial charge in [-0.15, -0.1) is 0 Å². The Morgan fingerprint density at radius 2 is 1.96 bits per heavy atom. The smallest absolute Gasteiger partial charge is 0.416 e. The van der Waals surface area contributed by atoms with Gasteiger partial charge in [0.05, 0.1) is 16.8 Å². The predicted octanol–water partition coefficient (Wildman–Crippen LogP) is 3.83. The molecule has 2 aromatic rings. The normalized spacial score (nSPS) is 11.7. The van der Waals surface area contributed by atoms with E-state index in [0.29, 0.717) is 5.56 Å². The summed E-state index contributed by atoms with van der Waals surface area (Å²) in [6.07, 6.45) is -3.28. The minimum Gasteiger partial charge on any atom is -0.506 e. The van der Waals surface area contributed by atoms with E-state index >= 15 is 0 Å². The highest BCUT2D eigenvalue weighted by molar-refractivity contribution is 6.32. The second-order valence-electron chi connectivity index (χ2n) is 4.49. The van der Waals surface area contributed by atoms with Crippen LogP contribution in [0, 0.1) is 0 Å². The van der Waals surface area contributed by atoms with Gasteiger partial charge in [0.1, 0.15) is 5.75 Å². The third kappa shape index (κ3) is 4.46. The Bertz CT molecular complexity index is 761. The van der Waals surface area contributed by atoms with E-state index < -0.39 is 17.6 Å². The molecule has 0 aliphatic heterocycles. The van der Waals surface area contributed by atoms with Crippen molar-refractivity contribution in [1.82, 2.24) is 5.43 Å². The Labute approximate surface area is 134 Å². The summed E-state index contributed by atoms with van der Waals surface area (Å²) in [5.74, 6) is -0.881. The Morgan fingerprint density at radius 3 is 2.61 bits per heavy atom. The highest BCUT2D eigenvalue weighted by atomic mass is 35.5. The van der Waals surface area contributed by atoms with Crippen molar-refractivity contribution in [3.63, 3.8) is 0 Å². The Morgan fingerprint density at radius 1 is 1.22 bits per heavy atom. The van der Waals surface area contributed by atoms with Crippen LogP contribution in [0.5, 0.6) is 5.75 Å². The summed E-state index contributed by atoms with van der Waals surface area (Å²) >= 11 is 5.71. The standard InChI is InChI=1S/C15H10ClF3N2O2/c16-12-6-9(4-5-13(12)22)8-20-21-14(23)10-2-1-3-11(7-10)15(17,18)19/h1-8,22H,(H,21,23)/b20-8+. The fraction of sp³-hybridized carbons (Fsp3) is 0.0667. The van der Waals surface area contributed by atoms with Crippen molar-refractivity contribution in [3.05, 3.63) is 64.2 Å². The number of halogens is 4. The molecule has 0 saturated heterocycles. The van der Waals surface area contributed by atoms with E-state index in [2.05, 4.69) is 10.5 Å². The quantitative estimate of drug-likeness (QED) is 0.658. The van der Waals surface area contributed by atoms with Crippen molar-refractivity contribution in [2.75, 3.05) is 0 Å². The number of phenols is 1. The molecule has 1 amide bonds. The highest BCUT2D eigenvalue weighted by Crippen LogP contribution is 2.29. The molecule has 0 spiro atoms. The number of phenolic OH excluding ortho intramolecular Hbond substituents is 1. The highest BCUT2D eigenvalue weighted by Gasteiger charge is 2.30. The van der Waals surface area contributed by atoms with E-state index in [1.807, 2.05) is 0 Å². The summed E-state index contributed by atoms with van der Waals surface area (Å²) in [4.78, 5) is 11.8. The molecule has 8 heteroatoms. The number of nitrogens with zero attached hydrogens (tertiary/aromatic N) is 1. The van der Waals surface area contributed by atoms with Crippen molar-refractivity contribution in [2.24, 2.45) is 5.10 Å². The Kier molecular flexibility index (Phi) is 4.90. The van der Waals surface area contributed by atoms with Crippen LogP contribution in [-0.2, 0) is 6.18 Å². The van der Waals surface area contributed by atoms with Crippen LogP contribution in [0.15, 0.2) is 47.6 Å². The molecule has 0 unspecified atom stereocenters. The molecule has 0 atom stereocenters. The van der Waals surface area contributed by atoms with Gasteiger partial charge < -0.3 is 5.11 Å². The minimum absolute atomic E-state index is 0.100. The predicted molar refractivity (Wildman–Crippen MR) is 79.6 cm³/mol. The molecule has 120 valence electrons. The summed E-state index contributed by atoms with van der Waals surface area (Å²) in [7, 11) is 0. The lowest BCUT2D eigenvalue weighted by atomic mass is 10.1. The van der Waals surface area contributed by atoms with Gasteiger partial charge in [0.25, 0.3) is 5.91 Å². The maximum Gasteiger partial charge on any atom is 0.416 e. The maximum atomic E-state index is 12.6. The monoisotopic (exact) mass is 342 g/mol. The molecule has 0 fully saturated rings. The lowest BCUT2D eigenvalue weighted by Crippen LogP contribution is -2.18. The molecule has 2 aromatic carbocycles. The van der Waals surface area contributed by atoms with Crippen LogP contribution in [0.2, 0.25) is 5.02 Å². The fourth-order valence-electron chi connectivity index (χ4n) is 1.67. The van der Waals surface area contributed by atoms with Gasteiger partial charge in [0, 0.05) is 5.56 Å². The number of hydrogen-bond acceptors (Lipinski definition) is 3. The number of rotatable bonds is 3. The average molecular weight is 343 g/mol. The molecule has 23 heavy (non-hydrogen) atoms. The number of hydrazone groups is 1. The molecule has 2 N–H and O–H groups in total. The number of carbonyl (C=O) groups is 1. The van der Waals surface area contributed by atoms with Crippen LogP contribution in [0.1, 0.15) is 21.5 Å². The molecular weight excluding hydrogens is 333 g/mol. The number of nitrogens with one attached hydrogen (secondary N) is 1. The molecule has 0 aromatic heterocycles. The number of carbonyl (C=O) groups excluding carboxylic acids is 1. The molecule has 2 rings (SSSR count). The lowest BCUT2D eigenvalue weighted by Gasteiger charge is -2.07. The van der Waals surface area contributed by atoms with Crippen molar-refractivity contribution in [2.45, 2.75) is 6.18 Å². The van der Waals surface area contributed by atoms with Gasteiger partial charge in [0.2, 0.25) is 0 Å². The number of amides is 1. The van der Waals surface area contributed by atoms with Gasteiger partial charge in [-0.2, -0.15) is 18.3 Å². The van der Waals surface area contributed by atoms with E-state index in [0.717, 1.165) is 18.2 Å². The first-order chi connectivity index (χ1) is 10.8. The van der Waals surface area contributed by atoms with Gasteiger partial charge in [-0.1, -0.05) is 17.7 Å².